The highest BCUT2D eigenvalue weighted by Crippen LogP contribution is 2.34. The molecule has 1 aliphatic heterocycles. The largest absolute Gasteiger partial charge is 0.495 e. The Morgan fingerprint density at radius 3 is 2.72 bits per heavy atom. The fourth-order valence-corrected chi connectivity index (χ4v) is 2.04. The number of carboxylic acids is 1. The molecule has 0 spiro atoms. The van der Waals surface area contributed by atoms with Gasteiger partial charge in [-0.25, -0.2) is 4.79 Å². The summed E-state index contributed by atoms with van der Waals surface area (Å²) in [6.07, 6.45) is -0.777. The number of rotatable bonds is 3. The maximum absolute atomic E-state index is 11.7. The van der Waals surface area contributed by atoms with E-state index in [1.807, 2.05) is 0 Å². The van der Waals surface area contributed by atoms with E-state index in [2.05, 4.69) is 0 Å². The van der Waals surface area contributed by atoms with Crippen LogP contribution in [0, 0.1) is 0 Å². The van der Waals surface area contributed by atoms with Crippen molar-refractivity contribution in [3.63, 3.8) is 0 Å². The van der Waals surface area contributed by atoms with Gasteiger partial charge in [0, 0.05) is 0 Å². The molecule has 1 heterocycles. The zero-order valence-electron chi connectivity index (χ0n) is 9.79. The normalized spacial score (nSPS) is 19.1. The zero-order valence-corrected chi connectivity index (χ0v) is 9.79. The first-order valence-electron chi connectivity index (χ1n) is 5.43. The summed E-state index contributed by atoms with van der Waals surface area (Å²) in [4.78, 5) is 24.2. The smallest absolute Gasteiger partial charge is 0.337 e. The highest BCUT2D eigenvalue weighted by molar-refractivity contribution is 6.05. The van der Waals surface area contributed by atoms with E-state index in [4.69, 9.17) is 9.84 Å². The first-order chi connectivity index (χ1) is 8.54. The standard InChI is InChI=1S/C12H13NO5/c1-18-9-4-2-3-8(12(16)17)11(9)13-6-7(14)5-10(13)15/h2-4,7,14H,5-6H2,1H3,(H,16,17). The summed E-state index contributed by atoms with van der Waals surface area (Å²) in [6, 6.07) is 4.53. The van der Waals surface area contributed by atoms with Gasteiger partial charge in [0.25, 0.3) is 0 Å². The molecule has 1 atom stereocenters. The second-order valence-corrected chi connectivity index (χ2v) is 4.02. The van der Waals surface area contributed by atoms with Crippen LogP contribution in [0.2, 0.25) is 0 Å². The fraction of sp³-hybridized carbons (Fsp3) is 0.333. The Morgan fingerprint density at radius 1 is 1.50 bits per heavy atom. The van der Waals surface area contributed by atoms with E-state index in [0.29, 0.717) is 5.75 Å². The van der Waals surface area contributed by atoms with Gasteiger partial charge in [-0.2, -0.15) is 0 Å². The van der Waals surface area contributed by atoms with E-state index in [-0.39, 0.29) is 30.1 Å². The van der Waals surface area contributed by atoms with Crippen molar-refractivity contribution in [2.45, 2.75) is 12.5 Å². The topological polar surface area (TPSA) is 87.1 Å². The minimum Gasteiger partial charge on any atom is -0.495 e. The quantitative estimate of drug-likeness (QED) is 0.816. The number of carbonyl (C=O) groups excluding carboxylic acids is 1. The number of carbonyl (C=O) groups is 2. The Morgan fingerprint density at radius 2 is 2.22 bits per heavy atom. The van der Waals surface area contributed by atoms with Gasteiger partial charge in [-0.1, -0.05) is 6.07 Å². The van der Waals surface area contributed by atoms with E-state index in [1.165, 1.54) is 18.1 Å². The fourth-order valence-electron chi connectivity index (χ4n) is 2.04. The third kappa shape index (κ3) is 2.02. The number of nitrogens with zero attached hydrogens (tertiary/aromatic N) is 1. The first-order valence-corrected chi connectivity index (χ1v) is 5.43. The molecule has 96 valence electrons. The Kier molecular flexibility index (Phi) is 3.20. The summed E-state index contributed by atoms with van der Waals surface area (Å²) in [5.41, 5.74) is 0.186. The van der Waals surface area contributed by atoms with Crippen molar-refractivity contribution >= 4 is 17.6 Å². The molecular weight excluding hydrogens is 238 g/mol. The highest BCUT2D eigenvalue weighted by Gasteiger charge is 2.33. The lowest BCUT2D eigenvalue weighted by atomic mass is 10.1. The first kappa shape index (κ1) is 12.4. The molecule has 1 aromatic rings. The number of hydrogen-bond acceptors (Lipinski definition) is 4. The van der Waals surface area contributed by atoms with Gasteiger partial charge in [0.05, 0.1) is 31.7 Å². The van der Waals surface area contributed by atoms with Crippen molar-refractivity contribution in [2.24, 2.45) is 0 Å². The van der Waals surface area contributed by atoms with Crippen molar-refractivity contribution in [3.05, 3.63) is 23.8 Å². The predicted octanol–water partition coefficient (Wildman–Crippen LogP) is 0.491. The number of aromatic carboxylic acids is 1. The summed E-state index contributed by atoms with van der Waals surface area (Å²) in [7, 11) is 1.40. The van der Waals surface area contributed by atoms with Crippen LogP contribution < -0.4 is 9.64 Å². The Balaban J connectivity index is 2.54. The van der Waals surface area contributed by atoms with E-state index in [0.717, 1.165) is 0 Å². The number of methoxy groups -OCH3 is 1. The van der Waals surface area contributed by atoms with Gasteiger partial charge in [-0.05, 0) is 12.1 Å². The number of aliphatic hydroxyl groups excluding tert-OH is 1. The average molecular weight is 251 g/mol. The summed E-state index contributed by atoms with van der Waals surface area (Å²) in [6.45, 7) is 0.0828. The van der Waals surface area contributed by atoms with Gasteiger partial charge in [-0.3, -0.25) is 4.79 Å². The average Bonchev–Trinajstić information content (AvgIpc) is 2.67. The van der Waals surface area contributed by atoms with Crippen molar-refractivity contribution in [1.29, 1.82) is 0 Å². The van der Waals surface area contributed by atoms with Crippen molar-refractivity contribution in [2.75, 3.05) is 18.6 Å². The second-order valence-electron chi connectivity index (χ2n) is 4.02. The van der Waals surface area contributed by atoms with E-state index in [9.17, 15) is 14.7 Å². The van der Waals surface area contributed by atoms with E-state index >= 15 is 0 Å². The van der Waals surface area contributed by atoms with Gasteiger partial charge in [0.2, 0.25) is 5.91 Å². The van der Waals surface area contributed by atoms with Crippen molar-refractivity contribution < 1.29 is 24.5 Å². The van der Waals surface area contributed by atoms with Crippen LogP contribution in [-0.2, 0) is 4.79 Å². The summed E-state index contributed by atoms with van der Waals surface area (Å²) < 4.78 is 5.09. The molecule has 1 saturated heterocycles. The second kappa shape index (κ2) is 4.66. The number of amides is 1. The number of anilines is 1. The Labute approximate surface area is 103 Å². The van der Waals surface area contributed by atoms with Gasteiger partial charge in [0.15, 0.2) is 0 Å². The molecule has 0 radical (unpaired) electrons. The maximum atomic E-state index is 11.7. The molecule has 1 fully saturated rings. The molecule has 1 amide bonds. The van der Waals surface area contributed by atoms with Gasteiger partial charge in [0.1, 0.15) is 11.4 Å². The Bertz CT molecular complexity index is 499. The van der Waals surface area contributed by atoms with Crippen LogP contribution in [0.5, 0.6) is 5.75 Å². The van der Waals surface area contributed by atoms with Crippen molar-refractivity contribution in [3.8, 4) is 5.75 Å². The van der Waals surface area contributed by atoms with Crippen LogP contribution >= 0.6 is 0 Å². The van der Waals surface area contributed by atoms with Gasteiger partial charge in [-0.15, -0.1) is 0 Å². The van der Waals surface area contributed by atoms with Crippen LogP contribution in [0.4, 0.5) is 5.69 Å². The number of para-hydroxylation sites is 1. The predicted molar refractivity (Wildman–Crippen MR) is 62.9 cm³/mol. The maximum Gasteiger partial charge on any atom is 0.337 e. The minimum atomic E-state index is -1.14. The molecule has 0 aromatic heterocycles. The molecule has 1 unspecified atom stereocenters. The number of β-amino-alcohol motifs (C(OH)–C–C–N with tert-alkyl or cyclic N) is 1. The zero-order chi connectivity index (χ0) is 13.3. The molecular formula is C12H13NO5. The van der Waals surface area contributed by atoms with Crippen LogP contribution in [0.1, 0.15) is 16.8 Å². The lowest BCUT2D eigenvalue weighted by Gasteiger charge is -2.20. The molecule has 0 bridgehead atoms. The lowest BCUT2D eigenvalue weighted by molar-refractivity contribution is -0.117. The summed E-state index contributed by atoms with van der Waals surface area (Å²) in [5.74, 6) is -1.15. The van der Waals surface area contributed by atoms with Crippen molar-refractivity contribution in [1.82, 2.24) is 0 Å². The molecule has 6 nitrogen and oxygen atoms in total. The SMILES string of the molecule is COc1cccc(C(=O)O)c1N1CC(O)CC1=O. The van der Waals surface area contributed by atoms with E-state index < -0.39 is 12.1 Å². The summed E-state index contributed by atoms with van der Waals surface area (Å²) in [5, 5.41) is 18.6. The molecule has 2 rings (SSSR count). The molecule has 0 saturated carbocycles. The van der Waals surface area contributed by atoms with E-state index in [1.54, 1.807) is 12.1 Å². The van der Waals surface area contributed by atoms with Crippen LogP contribution in [-0.4, -0.2) is 41.8 Å². The van der Waals surface area contributed by atoms with Crippen LogP contribution in [0.15, 0.2) is 18.2 Å². The van der Waals surface area contributed by atoms with Crippen LogP contribution in [0.25, 0.3) is 0 Å². The number of ether oxygens (including phenoxy) is 1. The van der Waals surface area contributed by atoms with Crippen LogP contribution in [0.3, 0.4) is 0 Å². The number of aliphatic hydroxyl groups is 1. The minimum absolute atomic E-state index is 0.00287. The number of benzene rings is 1. The molecule has 0 aliphatic carbocycles. The third-order valence-electron chi connectivity index (χ3n) is 2.82. The Hall–Kier alpha value is -2.08. The monoisotopic (exact) mass is 251 g/mol. The molecule has 2 N–H and O–H groups in total. The highest BCUT2D eigenvalue weighted by atomic mass is 16.5. The number of hydrogen-bond donors (Lipinski definition) is 2. The van der Waals surface area contributed by atoms with Gasteiger partial charge >= 0.3 is 5.97 Å². The molecule has 1 aliphatic rings. The lowest BCUT2D eigenvalue weighted by Crippen LogP contribution is -2.27. The third-order valence-corrected chi connectivity index (χ3v) is 2.82. The molecule has 18 heavy (non-hydrogen) atoms. The summed E-state index contributed by atoms with van der Waals surface area (Å²) >= 11 is 0. The number of carboxylic acid groups (broad SMARTS) is 1. The van der Waals surface area contributed by atoms with Gasteiger partial charge < -0.3 is 19.8 Å². The molecule has 1 aromatic carbocycles. The molecule has 6 heteroatoms.